The molecule has 0 atom stereocenters. The molecule has 0 saturated carbocycles. The third-order valence-corrected chi connectivity index (χ3v) is 13.7. The predicted molar refractivity (Wildman–Crippen MR) is 304 cm³/mol. The summed E-state index contributed by atoms with van der Waals surface area (Å²) in [5.74, 6) is 3.64. The Morgan fingerprint density at radius 3 is 0.747 bits per heavy atom. The lowest BCUT2D eigenvalue weighted by molar-refractivity contribution is 0.671. The van der Waals surface area contributed by atoms with E-state index in [1.807, 2.05) is 133 Å². The molecule has 0 aliphatic rings. The third kappa shape index (κ3) is 8.52. The van der Waals surface area contributed by atoms with Crippen LogP contribution >= 0.6 is 0 Å². The fourth-order valence-corrected chi connectivity index (χ4v) is 10.3. The van der Waals surface area contributed by atoms with Gasteiger partial charge >= 0.3 is 0 Å². The number of fused-ring (bicyclic) bond motifs is 3. The molecule has 10 aromatic carbocycles. The van der Waals surface area contributed by atoms with Gasteiger partial charge in [0.2, 0.25) is 0 Å². The van der Waals surface area contributed by atoms with Crippen molar-refractivity contribution in [2.24, 2.45) is 0 Å². The first-order chi connectivity index (χ1) is 37.0. The Morgan fingerprint density at radius 2 is 0.453 bits per heavy atom. The maximum absolute atomic E-state index is 7.34. The number of hydrogen-bond acceptors (Lipinski definition) is 7. The first kappa shape index (κ1) is 44.9. The Morgan fingerprint density at radius 1 is 0.227 bits per heavy atom. The van der Waals surface area contributed by atoms with Gasteiger partial charge in [-0.05, 0) is 82.6 Å². The van der Waals surface area contributed by atoms with Gasteiger partial charge in [-0.3, -0.25) is 0 Å². The highest BCUT2D eigenvalue weighted by Crippen LogP contribution is 2.47. The van der Waals surface area contributed by atoms with Gasteiger partial charge in [0.1, 0.15) is 11.2 Å². The molecule has 0 amide bonds. The van der Waals surface area contributed by atoms with Crippen molar-refractivity contribution < 1.29 is 4.42 Å². The van der Waals surface area contributed by atoms with E-state index in [0.717, 1.165) is 111 Å². The molecule has 354 valence electrons. The summed E-state index contributed by atoms with van der Waals surface area (Å²) in [6, 6.07) is 83.3. The molecule has 3 heterocycles. The third-order valence-electron chi connectivity index (χ3n) is 13.7. The van der Waals surface area contributed by atoms with Crippen molar-refractivity contribution in [3.63, 3.8) is 0 Å². The van der Waals surface area contributed by atoms with Crippen LogP contribution in [0.1, 0.15) is 11.1 Å². The Kier molecular flexibility index (Phi) is 11.5. The quantitative estimate of drug-likeness (QED) is 0.135. The number of furan rings is 1. The first-order valence-electron chi connectivity index (χ1n) is 25.1. The molecule has 7 nitrogen and oxygen atoms in total. The molecule has 0 fully saturated rings. The normalized spacial score (nSPS) is 11.3. The van der Waals surface area contributed by atoms with Crippen LogP contribution in [0.4, 0.5) is 0 Å². The minimum absolute atomic E-state index is 0.593. The van der Waals surface area contributed by atoms with E-state index in [0.29, 0.717) is 34.9 Å². The van der Waals surface area contributed by atoms with Crippen LogP contribution in [0, 0.1) is 13.8 Å². The van der Waals surface area contributed by atoms with Crippen LogP contribution in [0.25, 0.3) is 135 Å². The lowest BCUT2D eigenvalue weighted by Gasteiger charge is -2.16. The van der Waals surface area contributed by atoms with Gasteiger partial charge < -0.3 is 4.42 Å². The predicted octanol–water partition coefficient (Wildman–Crippen LogP) is 17.2. The van der Waals surface area contributed by atoms with Gasteiger partial charge in [-0.2, -0.15) is 0 Å². The second-order valence-electron chi connectivity index (χ2n) is 18.7. The highest BCUT2D eigenvalue weighted by molar-refractivity contribution is 6.15. The molecule has 0 N–H and O–H groups in total. The molecule has 0 aliphatic heterocycles. The van der Waals surface area contributed by atoms with Gasteiger partial charge in [0, 0.05) is 55.3 Å². The zero-order valence-electron chi connectivity index (χ0n) is 41.2. The average molecular weight is 963 g/mol. The molecule has 3 aromatic heterocycles. The van der Waals surface area contributed by atoms with Crippen LogP contribution in [-0.4, -0.2) is 29.9 Å². The fourth-order valence-electron chi connectivity index (χ4n) is 10.3. The molecular formula is C68H46N6O. The van der Waals surface area contributed by atoms with Crippen LogP contribution < -0.4 is 0 Å². The van der Waals surface area contributed by atoms with Crippen LogP contribution in [0.2, 0.25) is 0 Å². The molecule has 75 heavy (non-hydrogen) atoms. The van der Waals surface area contributed by atoms with Gasteiger partial charge in [-0.1, -0.05) is 218 Å². The standard InChI is InChI=1S/C68H46N6O/c1-43-39-57(53-35-17-15-31-49(53)51-33-19-21-37-55(51)67-71-63(45-23-7-3-8-24-45)69-64(72-67)46-25-9-4-10-26-46)61-59(41-43)60-42-44(2)40-58(62(60)75-61)54-36-18-16-32-50(54)52-34-20-22-38-56(52)68-73-65(47-27-11-5-12-28-47)70-66(74-68)48-29-13-6-14-30-48/h3-42H,1-2H3. The number of nitrogens with zero attached hydrogens (tertiary/aromatic N) is 6. The Balaban J connectivity index is 0.967. The van der Waals surface area contributed by atoms with Gasteiger partial charge in [0.15, 0.2) is 34.9 Å². The molecule has 0 spiro atoms. The SMILES string of the molecule is Cc1cc(-c2ccccc2-c2ccccc2-c2nc(-c3ccccc3)nc(-c3ccccc3)n2)c2oc3c(-c4ccccc4-c4ccccc4-c4nc(-c5ccccc5)nc(-c5ccccc5)n4)cc(C)cc3c2c1. The molecule has 13 rings (SSSR count). The van der Waals surface area contributed by atoms with Crippen LogP contribution in [0.5, 0.6) is 0 Å². The Hall–Kier alpha value is -9.98. The van der Waals surface area contributed by atoms with Crippen molar-refractivity contribution in [1.82, 2.24) is 29.9 Å². The van der Waals surface area contributed by atoms with Crippen LogP contribution in [0.3, 0.4) is 0 Å². The Labute approximate surface area is 434 Å². The minimum Gasteiger partial charge on any atom is -0.455 e. The summed E-state index contributed by atoms with van der Waals surface area (Å²) in [6.45, 7) is 4.33. The second kappa shape index (κ2) is 19.2. The topological polar surface area (TPSA) is 90.5 Å². The van der Waals surface area contributed by atoms with E-state index in [-0.39, 0.29) is 0 Å². The maximum Gasteiger partial charge on any atom is 0.164 e. The van der Waals surface area contributed by atoms with E-state index in [4.69, 9.17) is 34.3 Å². The van der Waals surface area contributed by atoms with Crippen molar-refractivity contribution in [1.29, 1.82) is 0 Å². The van der Waals surface area contributed by atoms with E-state index in [1.54, 1.807) is 0 Å². The maximum atomic E-state index is 7.34. The number of hydrogen-bond donors (Lipinski definition) is 0. The summed E-state index contributed by atoms with van der Waals surface area (Å²) in [5.41, 5.74) is 17.5. The van der Waals surface area contributed by atoms with Crippen molar-refractivity contribution in [3.8, 4) is 113 Å². The Bertz CT molecular complexity index is 3860. The summed E-state index contributed by atoms with van der Waals surface area (Å²) >= 11 is 0. The molecule has 0 saturated heterocycles. The van der Waals surface area contributed by atoms with Gasteiger partial charge in [0.05, 0.1) is 0 Å². The number of benzene rings is 10. The lowest BCUT2D eigenvalue weighted by atomic mass is 9.89. The van der Waals surface area contributed by atoms with E-state index in [1.165, 1.54) is 0 Å². The highest BCUT2D eigenvalue weighted by atomic mass is 16.3. The van der Waals surface area contributed by atoms with Crippen molar-refractivity contribution >= 4 is 21.9 Å². The van der Waals surface area contributed by atoms with Crippen LogP contribution in [-0.2, 0) is 0 Å². The van der Waals surface area contributed by atoms with Crippen molar-refractivity contribution in [3.05, 3.63) is 254 Å². The highest BCUT2D eigenvalue weighted by Gasteiger charge is 2.24. The molecular weight excluding hydrogens is 917 g/mol. The molecule has 13 aromatic rings. The zero-order valence-corrected chi connectivity index (χ0v) is 41.2. The molecule has 0 aliphatic carbocycles. The van der Waals surface area contributed by atoms with E-state index < -0.39 is 0 Å². The summed E-state index contributed by atoms with van der Waals surface area (Å²) in [5, 5.41) is 2.10. The van der Waals surface area contributed by atoms with Gasteiger partial charge in [-0.25, -0.2) is 29.9 Å². The summed E-state index contributed by atoms with van der Waals surface area (Å²) in [7, 11) is 0. The zero-order chi connectivity index (χ0) is 50.2. The molecule has 0 bridgehead atoms. The molecule has 7 heteroatoms. The van der Waals surface area contributed by atoms with E-state index >= 15 is 0 Å². The lowest BCUT2D eigenvalue weighted by Crippen LogP contribution is -2.01. The number of aromatic nitrogens is 6. The first-order valence-corrected chi connectivity index (χ1v) is 25.1. The van der Waals surface area contributed by atoms with Gasteiger partial charge in [0.25, 0.3) is 0 Å². The summed E-state index contributed by atoms with van der Waals surface area (Å²) in [6.07, 6.45) is 0. The van der Waals surface area contributed by atoms with Gasteiger partial charge in [-0.15, -0.1) is 0 Å². The van der Waals surface area contributed by atoms with E-state index in [2.05, 4.69) is 123 Å². The monoisotopic (exact) mass is 962 g/mol. The second-order valence-corrected chi connectivity index (χ2v) is 18.7. The summed E-state index contributed by atoms with van der Waals surface area (Å²) < 4.78 is 7.34. The largest absolute Gasteiger partial charge is 0.455 e. The van der Waals surface area contributed by atoms with Crippen LogP contribution in [0.15, 0.2) is 247 Å². The number of rotatable bonds is 10. The summed E-state index contributed by atoms with van der Waals surface area (Å²) in [4.78, 5) is 30.6. The van der Waals surface area contributed by atoms with E-state index in [9.17, 15) is 0 Å². The van der Waals surface area contributed by atoms with Crippen molar-refractivity contribution in [2.75, 3.05) is 0 Å². The minimum atomic E-state index is 0.593. The van der Waals surface area contributed by atoms with Crippen molar-refractivity contribution in [2.45, 2.75) is 13.8 Å². The molecule has 0 unspecified atom stereocenters. The smallest absolute Gasteiger partial charge is 0.164 e. The fraction of sp³-hybridized carbons (Fsp3) is 0.0294. The number of aryl methyl sites for hydroxylation is 2. The molecule has 0 radical (unpaired) electrons. The average Bonchev–Trinajstić information content (AvgIpc) is 3.86.